The van der Waals surface area contributed by atoms with E-state index >= 15 is 0 Å². The predicted octanol–water partition coefficient (Wildman–Crippen LogP) is 3.07. The minimum Gasteiger partial charge on any atom is -0.297 e. The van der Waals surface area contributed by atoms with Crippen LogP contribution in [0.4, 0.5) is 0 Å². The van der Waals surface area contributed by atoms with Gasteiger partial charge in [0.15, 0.2) is 0 Å². The zero-order valence-corrected chi connectivity index (χ0v) is 12.2. The molecule has 1 saturated heterocycles. The first-order valence-electron chi connectivity index (χ1n) is 6.41. The van der Waals surface area contributed by atoms with Crippen LogP contribution in [0.25, 0.3) is 5.69 Å². The van der Waals surface area contributed by atoms with E-state index in [-0.39, 0.29) is 0 Å². The highest BCUT2D eigenvalue weighted by molar-refractivity contribution is 7.99. The van der Waals surface area contributed by atoms with Gasteiger partial charge in [-0.05, 0) is 12.1 Å². The Morgan fingerprint density at radius 3 is 2.79 bits per heavy atom. The minimum atomic E-state index is 0.728. The van der Waals surface area contributed by atoms with Crippen LogP contribution < -0.4 is 0 Å². The Bertz CT molecular complexity index is 549. The number of aromatic nitrogens is 2. The molecular weight excluding hydrogens is 278 g/mol. The molecule has 100 valence electrons. The van der Waals surface area contributed by atoms with Crippen molar-refractivity contribution >= 4 is 23.4 Å². The smallest absolute Gasteiger partial charge is 0.0831 e. The van der Waals surface area contributed by atoms with Crippen molar-refractivity contribution in [3.63, 3.8) is 0 Å². The Morgan fingerprint density at radius 1 is 1.21 bits per heavy atom. The van der Waals surface area contributed by atoms with Crippen LogP contribution in [0.1, 0.15) is 5.56 Å². The van der Waals surface area contributed by atoms with Crippen molar-refractivity contribution in [2.45, 2.75) is 6.54 Å². The molecule has 1 aromatic carbocycles. The first-order valence-corrected chi connectivity index (χ1v) is 7.95. The van der Waals surface area contributed by atoms with Crippen molar-refractivity contribution in [3.05, 3.63) is 47.2 Å². The third-order valence-electron chi connectivity index (χ3n) is 3.25. The molecule has 0 saturated carbocycles. The SMILES string of the molecule is Clc1ccccc1-n1cc(CN2CCSCC2)cn1. The number of nitrogens with zero attached hydrogens (tertiary/aromatic N) is 3. The number of benzene rings is 1. The molecule has 0 N–H and O–H groups in total. The topological polar surface area (TPSA) is 21.1 Å². The van der Waals surface area contributed by atoms with Gasteiger partial charge in [-0.3, -0.25) is 4.90 Å². The lowest BCUT2D eigenvalue weighted by Crippen LogP contribution is -2.31. The molecule has 3 nitrogen and oxygen atoms in total. The van der Waals surface area contributed by atoms with Gasteiger partial charge in [0.25, 0.3) is 0 Å². The molecule has 0 atom stereocenters. The van der Waals surface area contributed by atoms with Gasteiger partial charge in [-0.1, -0.05) is 23.7 Å². The lowest BCUT2D eigenvalue weighted by Gasteiger charge is -2.25. The minimum absolute atomic E-state index is 0.728. The molecule has 2 aromatic rings. The highest BCUT2D eigenvalue weighted by Gasteiger charge is 2.12. The van der Waals surface area contributed by atoms with Crippen molar-refractivity contribution in [2.24, 2.45) is 0 Å². The average molecular weight is 294 g/mol. The summed E-state index contributed by atoms with van der Waals surface area (Å²) in [5.41, 5.74) is 2.18. The van der Waals surface area contributed by atoms with Crippen LogP contribution in [-0.2, 0) is 6.54 Å². The Hall–Kier alpha value is -0.970. The van der Waals surface area contributed by atoms with Gasteiger partial charge in [0.2, 0.25) is 0 Å². The first-order chi connectivity index (χ1) is 9.33. The van der Waals surface area contributed by atoms with Gasteiger partial charge in [-0.2, -0.15) is 16.9 Å². The standard InChI is InChI=1S/C14H16ClN3S/c15-13-3-1-2-4-14(13)18-11-12(9-16-18)10-17-5-7-19-8-6-17/h1-4,9,11H,5-8,10H2. The van der Waals surface area contributed by atoms with E-state index in [1.165, 1.54) is 30.2 Å². The molecule has 1 fully saturated rings. The molecule has 5 heteroatoms. The van der Waals surface area contributed by atoms with Gasteiger partial charge in [0, 0.05) is 42.9 Å². The van der Waals surface area contributed by atoms with Crippen LogP contribution in [-0.4, -0.2) is 39.3 Å². The lowest BCUT2D eigenvalue weighted by molar-refractivity contribution is 0.294. The molecular formula is C14H16ClN3S. The largest absolute Gasteiger partial charge is 0.297 e. The second-order valence-electron chi connectivity index (χ2n) is 4.63. The number of rotatable bonds is 3. The fraction of sp³-hybridized carbons (Fsp3) is 0.357. The third-order valence-corrected chi connectivity index (χ3v) is 4.51. The van der Waals surface area contributed by atoms with Crippen molar-refractivity contribution < 1.29 is 0 Å². The highest BCUT2D eigenvalue weighted by atomic mass is 35.5. The highest BCUT2D eigenvalue weighted by Crippen LogP contribution is 2.20. The lowest BCUT2D eigenvalue weighted by atomic mass is 10.3. The van der Waals surface area contributed by atoms with E-state index in [1.807, 2.05) is 46.9 Å². The summed E-state index contributed by atoms with van der Waals surface area (Å²) in [5.74, 6) is 2.47. The van der Waals surface area contributed by atoms with Gasteiger partial charge in [-0.15, -0.1) is 0 Å². The maximum Gasteiger partial charge on any atom is 0.0831 e. The molecule has 19 heavy (non-hydrogen) atoms. The van der Waals surface area contributed by atoms with Gasteiger partial charge in [0.05, 0.1) is 16.9 Å². The Labute approximate surface area is 122 Å². The molecule has 1 aliphatic heterocycles. The molecule has 2 heterocycles. The number of halogens is 1. The number of para-hydroxylation sites is 1. The Balaban J connectivity index is 1.74. The fourth-order valence-corrected chi connectivity index (χ4v) is 3.43. The van der Waals surface area contributed by atoms with Crippen molar-refractivity contribution in [1.82, 2.24) is 14.7 Å². The third kappa shape index (κ3) is 3.14. The number of thioether (sulfide) groups is 1. The molecule has 0 spiro atoms. The zero-order chi connectivity index (χ0) is 13.1. The van der Waals surface area contributed by atoms with Crippen LogP contribution in [0.5, 0.6) is 0 Å². The van der Waals surface area contributed by atoms with Gasteiger partial charge in [-0.25, -0.2) is 4.68 Å². The monoisotopic (exact) mass is 293 g/mol. The Morgan fingerprint density at radius 2 is 2.00 bits per heavy atom. The van der Waals surface area contributed by atoms with E-state index in [9.17, 15) is 0 Å². The summed E-state index contributed by atoms with van der Waals surface area (Å²) in [4.78, 5) is 2.48. The van der Waals surface area contributed by atoms with Crippen molar-refractivity contribution in [3.8, 4) is 5.69 Å². The van der Waals surface area contributed by atoms with Crippen LogP contribution in [0.3, 0.4) is 0 Å². The van der Waals surface area contributed by atoms with Crippen LogP contribution in [0, 0.1) is 0 Å². The Kier molecular flexibility index (Phi) is 4.11. The summed E-state index contributed by atoms with van der Waals surface area (Å²) >= 11 is 8.22. The van der Waals surface area contributed by atoms with Crippen molar-refractivity contribution in [2.75, 3.05) is 24.6 Å². The van der Waals surface area contributed by atoms with E-state index < -0.39 is 0 Å². The van der Waals surface area contributed by atoms with Gasteiger partial charge in [0.1, 0.15) is 0 Å². The second kappa shape index (κ2) is 5.99. The summed E-state index contributed by atoms with van der Waals surface area (Å²) in [6.07, 6.45) is 4.01. The molecule has 0 bridgehead atoms. The maximum atomic E-state index is 6.19. The van der Waals surface area contributed by atoms with E-state index in [0.717, 1.165) is 17.3 Å². The fourth-order valence-electron chi connectivity index (χ4n) is 2.23. The van der Waals surface area contributed by atoms with Crippen LogP contribution >= 0.6 is 23.4 Å². The van der Waals surface area contributed by atoms with Gasteiger partial charge >= 0.3 is 0 Å². The summed E-state index contributed by atoms with van der Waals surface area (Å²) in [7, 11) is 0. The summed E-state index contributed by atoms with van der Waals surface area (Å²) in [6.45, 7) is 3.31. The van der Waals surface area contributed by atoms with Crippen LogP contribution in [0.2, 0.25) is 5.02 Å². The van der Waals surface area contributed by atoms with Crippen molar-refractivity contribution in [1.29, 1.82) is 0 Å². The zero-order valence-electron chi connectivity index (χ0n) is 10.6. The van der Waals surface area contributed by atoms with E-state index in [0.29, 0.717) is 0 Å². The molecule has 1 aromatic heterocycles. The quantitative estimate of drug-likeness (QED) is 0.868. The normalized spacial score (nSPS) is 16.7. The van der Waals surface area contributed by atoms with Crippen LogP contribution in [0.15, 0.2) is 36.7 Å². The average Bonchev–Trinajstić information content (AvgIpc) is 2.89. The summed E-state index contributed by atoms with van der Waals surface area (Å²) < 4.78 is 1.86. The van der Waals surface area contributed by atoms with E-state index in [2.05, 4.69) is 16.2 Å². The molecule has 0 aliphatic carbocycles. The van der Waals surface area contributed by atoms with E-state index in [4.69, 9.17) is 11.6 Å². The molecule has 0 unspecified atom stereocenters. The predicted molar refractivity (Wildman–Crippen MR) is 81.2 cm³/mol. The van der Waals surface area contributed by atoms with E-state index in [1.54, 1.807) is 0 Å². The summed E-state index contributed by atoms with van der Waals surface area (Å²) in [5, 5.41) is 5.14. The first kappa shape index (κ1) is 13.0. The molecule has 1 aliphatic rings. The van der Waals surface area contributed by atoms with Gasteiger partial charge < -0.3 is 0 Å². The maximum absolute atomic E-state index is 6.19. The second-order valence-corrected chi connectivity index (χ2v) is 6.27. The molecule has 0 radical (unpaired) electrons. The molecule has 0 amide bonds. The summed E-state index contributed by atoms with van der Waals surface area (Å²) in [6, 6.07) is 7.78. The number of hydrogen-bond donors (Lipinski definition) is 0. The molecule has 3 rings (SSSR count). The number of hydrogen-bond acceptors (Lipinski definition) is 3.